The van der Waals surface area contributed by atoms with E-state index >= 15 is 0 Å². The third-order valence-electron chi connectivity index (χ3n) is 5.34. The lowest BCUT2D eigenvalue weighted by molar-refractivity contribution is 0.172. The lowest BCUT2D eigenvalue weighted by atomic mass is 9.96. The van der Waals surface area contributed by atoms with Gasteiger partial charge in [-0.1, -0.05) is 26.7 Å². The van der Waals surface area contributed by atoms with Gasteiger partial charge in [-0.05, 0) is 51.2 Å². The van der Waals surface area contributed by atoms with Crippen molar-refractivity contribution < 1.29 is 4.74 Å². The molecular formula is C19H32N6O2. The molecule has 0 radical (unpaired) electrons. The van der Waals surface area contributed by atoms with E-state index in [1.165, 1.54) is 19.4 Å². The van der Waals surface area contributed by atoms with E-state index in [-0.39, 0.29) is 17.5 Å². The number of nitrogens with one attached hydrogen (secondary N) is 1. The Balaban J connectivity index is 1.72. The minimum Gasteiger partial charge on any atom is -0.463 e. The predicted octanol–water partition coefficient (Wildman–Crippen LogP) is 2.39. The molecule has 0 bridgehead atoms. The van der Waals surface area contributed by atoms with Gasteiger partial charge in [0.15, 0.2) is 11.5 Å². The third-order valence-corrected chi connectivity index (χ3v) is 5.34. The van der Waals surface area contributed by atoms with Crippen molar-refractivity contribution in [2.45, 2.75) is 58.9 Å². The summed E-state index contributed by atoms with van der Waals surface area (Å²) in [6, 6.07) is 0.246. The molecule has 1 aliphatic heterocycles. The first-order valence-electron chi connectivity index (χ1n) is 10.2. The quantitative estimate of drug-likeness (QED) is 0.652. The standard InChI is InChI=1S/C19H32N6O2/c1-3-5-9-24-10-7-14(8-11-24)13-25-17-15(21-19(25)26)16(20)22-18(23-17)27-12-6-4-2/h14H,3-13H2,1-2H3,(H,21,26)(H2,20,22,23). The number of fused-ring (bicyclic) bond motifs is 1. The highest BCUT2D eigenvalue weighted by Crippen LogP contribution is 2.22. The van der Waals surface area contributed by atoms with Crippen LogP contribution in [0, 0.1) is 5.92 Å². The van der Waals surface area contributed by atoms with Gasteiger partial charge >= 0.3 is 11.7 Å². The number of hydrogen-bond donors (Lipinski definition) is 2. The minimum absolute atomic E-state index is 0.176. The topological polar surface area (TPSA) is 102 Å². The van der Waals surface area contributed by atoms with Gasteiger partial charge in [0, 0.05) is 6.54 Å². The van der Waals surface area contributed by atoms with Crippen LogP contribution in [-0.4, -0.2) is 50.7 Å². The van der Waals surface area contributed by atoms with Gasteiger partial charge < -0.3 is 20.4 Å². The number of ether oxygens (including phenoxy) is 1. The van der Waals surface area contributed by atoms with Crippen molar-refractivity contribution in [1.82, 2.24) is 24.4 Å². The molecule has 0 spiro atoms. The molecule has 1 saturated heterocycles. The Kier molecular flexibility index (Phi) is 6.71. The molecule has 0 unspecified atom stereocenters. The Hall–Kier alpha value is -2.09. The fraction of sp³-hybridized carbons (Fsp3) is 0.737. The van der Waals surface area contributed by atoms with Gasteiger partial charge in [0.1, 0.15) is 5.52 Å². The van der Waals surface area contributed by atoms with Crippen LogP contribution in [0.3, 0.4) is 0 Å². The molecule has 150 valence electrons. The summed E-state index contributed by atoms with van der Waals surface area (Å²) in [6.07, 6.45) is 6.64. The molecule has 0 saturated carbocycles. The van der Waals surface area contributed by atoms with Crippen molar-refractivity contribution in [1.29, 1.82) is 0 Å². The number of unbranched alkanes of at least 4 members (excludes halogenated alkanes) is 2. The molecule has 0 aromatic carbocycles. The summed E-state index contributed by atoms with van der Waals surface area (Å²) >= 11 is 0. The summed E-state index contributed by atoms with van der Waals surface area (Å²) in [4.78, 5) is 26.4. The summed E-state index contributed by atoms with van der Waals surface area (Å²) in [5.41, 5.74) is 6.90. The van der Waals surface area contributed by atoms with Crippen LogP contribution < -0.4 is 16.2 Å². The van der Waals surface area contributed by atoms with Crippen molar-refractivity contribution >= 4 is 17.0 Å². The van der Waals surface area contributed by atoms with E-state index in [4.69, 9.17) is 10.5 Å². The SMILES string of the molecule is CCCCOc1nc(N)c2[nH]c(=O)n(CC3CCN(CCCC)CC3)c2n1. The normalized spacial score (nSPS) is 16.2. The Bertz CT molecular complexity index is 791. The number of nitrogens with zero attached hydrogens (tertiary/aromatic N) is 4. The molecule has 0 aliphatic carbocycles. The smallest absolute Gasteiger partial charge is 0.327 e. The number of aromatic amines is 1. The molecular weight excluding hydrogens is 344 g/mol. The van der Waals surface area contributed by atoms with Crippen molar-refractivity contribution in [3.8, 4) is 6.01 Å². The van der Waals surface area contributed by atoms with Gasteiger partial charge in [-0.3, -0.25) is 4.57 Å². The number of imidazole rings is 1. The van der Waals surface area contributed by atoms with E-state index in [0.717, 1.165) is 38.8 Å². The molecule has 27 heavy (non-hydrogen) atoms. The number of likely N-dealkylation sites (tertiary alicyclic amines) is 1. The molecule has 3 N–H and O–H groups in total. The molecule has 8 heteroatoms. The summed E-state index contributed by atoms with van der Waals surface area (Å²) in [5, 5.41) is 0. The van der Waals surface area contributed by atoms with Gasteiger partial charge in [0.25, 0.3) is 0 Å². The van der Waals surface area contributed by atoms with E-state index in [9.17, 15) is 4.79 Å². The van der Waals surface area contributed by atoms with Gasteiger partial charge in [-0.15, -0.1) is 0 Å². The van der Waals surface area contributed by atoms with Crippen LogP contribution in [0.2, 0.25) is 0 Å². The Morgan fingerprint density at radius 1 is 1.19 bits per heavy atom. The van der Waals surface area contributed by atoms with Gasteiger partial charge in [-0.2, -0.15) is 9.97 Å². The van der Waals surface area contributed by atoms with E-state index in [1.807, 2.05) is 0 Å². The molecule has 3 rings (SSSR count). The number of piperidine rings is 1. The van der Waals surface area contributed by atoms with E-state index < -0.39 is 0 Å². The zero-order valence-corrected chi connectivity index (χ0v) is 16.5. The number of nitrogen functional groups attached to an aromatic ring is 1. The van der Waals surface area contributed by atoms with E-state index in [1.54, 1.807) is 4.57 Å². The maximum Gasteiger partial charge on any atom is 0.327 e. The monoisotopic (exact) mass is 376 g/mol. The Morgan fingerprint density at radius 3 is 2.63 bits per heavy atom. The fourth-order valence-electron chi connectivity index (χ4n) is 3.61. The number of anilines is 1. The second-order valence-electron chi connectivity index (χ2n) is 7.47. The second-order valence-corrected chi connectivity index (χ2v) is 7.47. The highest BCUT2D eigenvalue weighted by atomic mass is 16.5. The average Bonchev–Trinajstić information content (AvgIpc) is 2.98. The molecule has 0 amide bonds. The lowest BCUT2D eigenvalue weighted by Crippen LogP contribution is -2.36. The summed E-state index contributed by atoms with van der Waals surface area (Å²) < 4.78 is 7.30. The first-order valence-corrected chi connectivity index (χ1v) is 10.2. The Morgan fingerprint density at radius 2 is 1.93 bits per heavy atom. The molecule has 3 heterocycles. The average molecular weight is 377 g/mol. The summed E-state index contributed by atoms with van der Waals surface area (Å²) in [5.74, 6) is 0.733. The van der Waals surface area contributed by atoms with Crippen molar-refractivity contribution in [2.75, 3.05) is 32.0 Å². The zero-order valence-electron chi connectivity index (χ0n) is 16.5. The second kappa shape index (κ2) is 9.21. The highest BCUT2D eigenvalue weighted by molar-refractivity contribution is 5.81. The van der Waals surface area contributed by atoms with Crippen LogP contribution in [0.5, 0.6) is 6.01 Å². The number of H-pyrrole nitrogens is 1. The maximum absolute atomic E-state index is 12.5. The van der Waals surface area contributed by atoms with Crippen LogP contribution in [0.4, 0.5) is 5.82 Å². The molecule has 8 nitrogen and oxygen atoms in total. The van der Waals surface area contributed by atoms with Gasteiger partial charge in [0.2, 0.25) is 0 Å². The van der Waals surface area contributed by atoms with E-state index in [0.29, 0.717) is 30.2 Å². The molecule has 2 aromatic rings. The van der Waals surface area contributed by atoms with E-state index in [2.05, 4.69) is 33.7 Å². The van der Waals surface area contributed by atoms with Crippen LogP contribution in [-0.2, 0) is 6.54 Å². The number of aromatic nitrogens is 4. The van der Waals surface area contributed by atoms with Gasteiger partial charge in [0.05, 0.1) is 6.61 Å². The predicted molar refractivity (Wildman–Crippen MR) is 107 cm³/mol. The number of nitrogens with two attached hydrogens (primary N) is 1. The lowest BCUT2D eigenvalue weighted by Gasteiger charge is -2.31. The fourth-order valence-corrected chi connectivity index (χ4v) is 3.61. The minimum atomic E-state index is -0.176. The molecule has 1 fully saturated rings. The largest absolute Gasteiger partial charge is 0.463 e. The maximum atomic E-state index is 12.5. The molecule has 1 aliphatic rings. The van der Waals surface area contributed by atoms with Gasteiger partial charge in [-0.25, -0.2) is 4.79 Å². The third kappa shape index (κ3) is 4.80. The van der Waals surface area contributed by atoms with Crippen LogP contribution >= 0.6 is 0 Å². The zero-order chi connectivity index (χ0) is 19.2. The molecule has 0 atom stereocenters. The Labute approximate surface area is 160 Å². The summed E-state index contributed by atoms with van der Waals surface area (Å²) in [7, 11) is 0. The number of hydrogen-bond acceptors (Lipinski definition) is 6. The first kappa shape index (κ1) is 19.7. The van der Waals surface area contributed by atoms with Crippen molar-refractivity contribution in [3.05, 3.63) is 10.5 Å². The highest BCUT2D eigenvalue weighted by Gasteiger charge is 2.22. The summed E-state index contributed by atoms with van der Waals surface area (Å²) in [6.45, 7) is 8.91. The number of rotatable bonds is 9. The van der Waals surface area contributed by atoms with Crippen LogP contribution in [0.1, 0.15) is 52.4 Å². The van der Waals surface area contributed by atoms with Crippen molar-refractivity contribution in [2.24, 2.45) is 5.92 Å². The van der Waals surface area contributed by atoms with Crippen LogP contribution in [0.25, 0.3) is 11.2 Å². The first-order chi connectivity index (χ1) is 13.1. The van der Waals surface area contributed by atoms with Crippen molar-refractivity contribution in [3.63, 3.8) is 0 Å². The molecule has 2 aromatic heterocycles. The van der Waals surface area contributed by atoms with Crippen LogP contribution in [0.15, 0.2) is 4.79 Å².